The number of amides is 1. The molecule has 1 heterocycles. The summed E-state index contributed by atoms with van der Waals surface area (Å²) in [4.78, 5) is 18.3. The van der Waals surface area contributed by atoms with E-state index in [1.54, 1.807) is 29.3 Å². The topological polar surface area (TPSA) is 59.2 Å². The molecule has 1 amide bonds. The largest absolute Gasteiger partial charge is 0.330 e. The van der Waals surface area contributed by atoms with Crippen LogP contribution in [0.1, 0.15) is 36.8 Å². The van der Waals surface area contributed by atoms with Crippen molar-refractivity contribution >= 4 is 5.91 Å². The molecule has 0 spiro atoms. The third-order valence-electron chi connectivity index (χ3n) is 2.64. The van der Waals surface area contributed by atoms with E-state index in [-0.39, 0.29) is 11.4 Å². The molecule has 0 saturated carbocycles. The van der Waals surface area contributed by atoms with Crippen molar-refractivity contribution in [1.29, 1.82) is 0 Å². The molecule has 0 aliphatic carbocycles. The number of hydrogen-bond acceptors (Lipinski definition) is 3. The van der Waals surface area contributed by atoms with Crippen molar-refractivity contribution < 1.29 is 4.79 Å². The lowest BCUT2D eigenvalue weighted by Crippen LogP contribution is -2.45. The molecular weight excluding hydrogens is 226 g/mol. The summed E-state index contributed by atoms with van der Waals surface area (Å²) in [7, 11) is 0. The van der Waals surface area contributed by atoms with Crippen LogP contribution in [0.5, 0.6) is 0 Å². The highest BCUT2D eigenvalue weighted by molar-refractivity contribution is 5.94. The quantitative estimate of drug-likeness (QED) is 0.827. The standard InChI is InChI=1S/C14H21N3O/c1-5-8-17(14(2,3)4)13(18)11-6-7-16-12(9-11)10-15/h5-7,9H,1,8,10,15H2,2-4H3. The fourth-order valence-electron chi connectivity index (χ4n) is 1.67. The van der Waals surface area contributed by atoms with E-state index in [0.29, 0.717) is 24.3 Å². The van der Waals surface area contributed by atoms with Crippen LogP contribution in [0.3, 0.4) is 0 Å². The predicted molar refractivity (Wildman–Crippen MR) is 73.1 cm³/mol. The van der Waals surface area contributed by atoms with Crippen molar-refractivity contribution in [1.82, 2.24) is 9.88 Å². The van der Waals surface area contributed by atoms with Crippen molar-refractivity contribution in [2.24, 2.45) is 5.73 Å². The lowest BCUT2D eigenvalue weighted by atomic mass is 10.0. The number of hydrogen-bond donors (Lipinski definition) is 1. The average molecular weight is 247 g/mol. The summed E-state index contributed by atoms with van der Waals surface area (Å²) in [5, 5.41) is 0. The van der Waals surface area contributed by atoms with Crippen LogP contribution in [-0.2, 0) is 6.54 Å². The molecule has 18 heavy (non-hydrogen) atoms. The SMILES string of the molecule is C=CCN(C(=O)c1ccnc(CN)c1)C(C)(C)C. The van der Waals surface area contributed by atoms with E-state index in [0.717, 1.165) is 0 Å². The zero-order chi connectivity index (χ0) is 13.8. The first-order chi connectivity index (χ1) is 8.40. The third-order valence-corrected chi connectivity index (χ3v) is 2.64. The van der Waals surface area contributed by atoms with Gasteiger partial charge in [-0.3, -0.25) is 9.78 Å². The van der Waals surface area contributed by atoms with Gasteiger partial charge in [0, 0.05) is 30.4 Å². The van der Waals surface area contributed by atoms with Crippen LogP contribution < -0.4 is 5.73 Å². The van der Waals surface area contributed by atoms with Crippen molar-refractivity contribution in [3.05, 3.63) is 42.2 Å². The molecule has 0 radical (unpaired) electrons. The second kappa shape index (κ2) is 5.78. The normalized spacial score (nSPS) is 11.1. The highest BCUT2D eigenvalue weighted by Gasteiger charge is 2.26. The number of rotatable bonds is 4. The molecule has 0 unspecified atom stereocenters. The monoisotopic (exact) mass is 247 g/mol. The van der Waals surface area contributed by atoms with E-state index < -0.39 is 0 Å². The molecule has 4 nitrogen and oxygen atoms in total. The smallest absolute Gasteiger partial charge is 0.254 e. The van der Waals surface area contributed by atoms with Gasteiger partial charge in [0.15, 0.2) is 0 Å². The summed E-state index contributed by atoms with van der Waals surface area (Å²) in [6, 6.07) is 3.45. The van der Waals surface area contributed by atoms with Crippen molar-refractivity contribution in [2.75, 3.05) is 6.54 Å². The van der Waals surface area contributed by atoms with Gasteiger partial charge < -0.3 is 10.6 Å². The van der Waals surface area contributed by atoms with Gasteiger partial charge in [0.05, 0.1) is 5.69 Å². The predicted octanol–water partition coefficient (Wildman–Crippen LogP) is 1.97. The Bertz CT molecular complexity index is 435. The molecule has 1 aromatic rings. The number of carbonyl (C=O) groups is 1. The second-order valence-corrected chi connectivity index (χ2v) is 5.12. The summed E-state index contributed by atoms with van der Waals surface area (Å²) >= 11 is 0. The molecule has 0 aromatic carbocycles. The van der Waals surface area contributed by atoms with E-state index in [4.69, 9.17) is 5.73 Å². The minimum atomic E-state index is -0.253. The molecule has 0 atom stereocenters. The van der Waals surface area contributed by atoms with Crippen LogP contribution in [-0.4, -0.2) is 27.9 Å². The molecule has 1 aromatic heterocycles. The fraction of sp³-hybridized carbons (Fsp3) is 0.429. The van der Waals surface area contributed by atoms with Gasteiger partial charge in [-0.25, -0.2) is 0 Å². The highest BCUT2D eigenvalue weighted by atomic mass is 16.2. The minimum Gasteiger partial charge on any atom is -0.330 e. The summed E-state index contributed by atoms with van der Waals surface area (Å²) < 4.78 is 0. The van der Waals surface area contributed by atoms with E-state index >= 15 is 0 Å². The second-order valence-electron chi connectivity index (χ2n) is 5.12. The number of carbonyl (C=O) groups excluding carboxylic acids is 1. The highest BCUT2D eigenvalue weighted by Crippen LogP contribution is 2.17. The Kier molecular flexibility index (Phi) is 4.62. The van der Waals surface area contributed by atoms with Gasteiger partial charge in [0.25, 0.3) is 5.91 Å². The van der Waals surface area contributed by atoms with Gasteiger partial charge in [-0.15, -0.1) is 6.58 Å². The van der Waals surface area contributed by atoms with Gasteiger partial charge in [-0.05, 0) is 32.9 Å². The zero-order valence-electron chi connectivity index (χ0n) is 11.3. The van der Waals surface area contributed by atoms with Crippen molar-refractivity contribution in [3.8, 4) is 0 Å². The molecule has 0 aliphatic heterocycles. The van der Waals surface area contributed by atoms with Crippen LogP contribution in [0.4, 0.5) is 0 Å². The Labute approximate surface area is 109 Å². The van der Waals surface area contributed by atoms with Crippen LogP contribution >= 0.6 is 0 Å². The zero-order valence-corrected chi connectivity index (χ0v) is 11.3. The van der Waals surface area contributed by atoms with Gasteiger partial charge in [-0.2, -0.15) is 0 Å². The average Bonchev–Trinajstić information content (AvgIpc) is 2.34. The van der Waals surface area contributed by atoms with Crippen molar-refractivity contribution in [2.45, 2.75) is 32.9 Å². The van der Waals surface area contributed by atoms with E-state index in [1.807, 2.05) is 20.8 Å². The molecule has 0 saturated heterocycles. The lowest BCUT2D eigenvalue weighted by molar-refractivity contribution is 0.0616. The number of pyridine rings is 1. The molecular formula is C14H21N3O. The summed E-state index contributed by atoms with van der Waals surface area (Å²) in [6.07, 6.45) is 3.35. The minimum absolute atomic E-state index is 0.0282. The molecule has 0 bridgehead atoms. The van der Waals surface area contributed by atoms with Crippen LogP contribution in [0, 0.1) is 0 Å². The van der Waals surface area contributed by atoms with Gasteiger partial charge in [-0.1, -0.05) is 6.08 Å². The van der Waals surface area contributed by atoms with Crippen LogP contribution in [0.25, 0.3) is 0 Å². The van der Waals surface area contributed by atoms with Gasteiger partial charge >= 0.3 is 0 Å². The van der Waals surface area contributed by atoms with E-state index in [2.05, 4.69) is 11.6 Å². The molecule has 1 rings (SSSR count). The molecule has 2 N–H and O–H groups in total. The van der Waals surface area contributed by atoms with Crippen molar-refractivity contribution in [3.63, 3.8) is 0 Å². The third kappa shape index (κ3) is 3.40. The van der Waals surface area contributed by atoms with Crippen LogP contribution in [0.15, 0.2) is 31.0 Å². The first-order valence-electron chi connectivity index (χ1n) is 5.98. The van der Waals surface area contributed by atoms with Gasteiger partial charge in [0.1, 0.15) is 0 Å². The first kappa shape index (κ1) is 14.4. The Morgan fingerprint density at radius 2 is 2.22 bits per heavy atom. The van der Waals surface area contributed by atoms with E-state index in [1.165, 1.54) is 0 Å². The molecule has 4 heteroatoms. The number of nitrogens with two attached hydrogens (primary N) is 1. The Morgan fingerprint density at radius 1 is 1.56 bits per heavy atom. The first-order valence-corrected chi connectivity index (χ1v) is 5.98. The van der Waals surface area contributed by atoms with Gasteiger partial charge in [0.2, 0.25) is 0 Å². The fourth-order valence-corrected chi connectivity index (χ4v) is 1.67. The summed E-state index contributed by atoms with van der Waals surface area (Å²) in [5.74, 6) is -0.0282. The van der Waals surface area contributed by atoms with Crippen LogP contribution in [0.2, 0.25) is 0 Å². The Hall–Kier alpha value is -1.68. The van der Waals surface area contributed by atoms with E-state index in [9.17, 15) is 4.79 Å². The molecule has 98 valence electrons. The number of aromatic nitrogens is 1. The molecule has 0 aliphatic rings. The maximum atomic E-state index is 12.5. The Balaban J connectivity index is 3.05. The molecule has 0 fully saturated rings. The lowest BCUT2D eigenvalue weighted by Gasteiger charge is -2.35. The maximum absolute atomic E-state index is 12.5. The maximum Gasteiger partial charge on any atom is 0.254 e. The summed E-state index contributed by atoms with van der Waals surface area (Å²) in [5.41, 5.74) is 6.61. The summed E-state index contributed by atoms with van der Waals surface area (Å²) in [6.45, 7) is 10.5. The number of nitrogens with zero attached hydrogens (tertiary/aromatic N) is 2. The Morgan fingerprint density at radius 3 is 2.72 bits per heavy atom.